The van der Waals surface area contributed by atoms with Crippen molar-refractivity contribution in [3.8, 4) is 17.3 Å². The highest BCUT2D eigenvalue weighted by atomic mass is 16.5. The third kappa shape index (κ3) is 3.21. The van der Waals surface area contributed by atoms with Crippen LogP contribution in [0.4, 0.5) is 5.69 Å². The summed E-state index contributed by atoms with van der Waals surface area (Å²) >= 11 is 0. The molecule has 0 spiro atoms. The smallest absolute Gasteiger partial charge is 0.163 e. The van der Waals surface area contributed by atoms with Crippen LogP contribution in [-0.4, -0.2) is 47.9 Å². The predicted molar refractivity (Wildman–Crippen MR) is 119 cm³/mol. The first kappa shape index (κ1) is 18.7. The summed E-state index contributed by atoms with van der Waals surface area (Å²) in [6, 6.07) is 14.7. The van der Waals surface area contributed by atoms with Gasteiger partial charge >= 0.3 is 0 Å². The SMILES string of the molecule is COc1cc2ncn(-c3ccc4cc(N5CCC(N)CC5)ccc4n3)c2cc1OC. The number of hydrogen-bond donors (Lipinski definition) is 1. The monoisotopic (exact) mass is 403 g/mol. The van der Waals surface area contributed by atoms with E-state index in [0.717, 1.165) is 53.7 Å². The lowest BCUT2D eigenvalue weighted by Crippen LogP contribution is -2.39. The topological polar surface area (TPSA) is 78.4 Å². The van der Waals surface area contributed by atoms with E-state index in [-0.39, 0.29) is 0 Å². The molecule has 2 aromatic heterocycles. The Balaban J connectivity index is 1.51. The maximum absolute atomic E-state index is 6.04. The minimum atomic E-state index is 0.328. The van der Waals surface area contributed by atoms with E-state index in [1.54, 1.807) is 20.5 Å². The molecule has 1 fully saturated rings. The van der Waals surface area contributed by atoms with Gasteiger partial charge in [-0.2, -0.15) is 0 Å². The number of benzene rings is 2. The van der Waals surface area contributed by atoms with Crippen LogP contribution in [0.1, 0.15) is 12.8 Å². The number of rotatable bonds is 4. The van der Waals surface area contributed by atoms with Gasteiger partial charge in [0, 0.05) is 42.3 Å². The number of nitrogens with two attached hydrogens (primary N) is 1. The van der Waals surface area contributed by atoms with E-state index in [9.17, 15) is 0 Å². The van der Waals surface area contributed by atoms with Crippen LogP contribution in [0, 0.1) is 0 Å². The number of fused-ring (bicyclic) bond motifs is 2. The van der Waals surface area contributed by atoms with Crippen LogP contribution in [0.5, 0.6) is 11.5 Å². The van der Waals surface area contributed by atoms with Gasteiger partial charge in [0.25, 0.3) is 0 Å². The van der Waals surface area contributed by atoms with Gasteiger partial charge in [-0.25, -0.2) is 9.97 Å². The quantitative estimate of drug-likeness (QED) is 0.562. The van der Waals surface area contributed by atoms with Crippen LogP contribution < -0.4 is 20.1 Å². The Hall–Kier alpha value is -3.32. The number of piperidine rings is 1. The minimum Gasteiger partial charge on any atom is -0.493 e. The van der Waals surface area contributed by atoms with Gasteiger partial charge in [-0.15, -0.1) is 0 Å². The Morgan fingerprint density at radius 1 is 0.933 bits per heavy atom. The first-order valence-electron chi connectivity index (χ1n) is 10.2. The van der Waals surface area contributed by atoms with Gasteiger partial charge in [0.1, 0.15) is 12.1 Å². The number of nitrogens with zero attached hydrogens (tertiary/aromatic N) is 4. The highest BCUT2D eigenvalue weighted by molar-refractivity contribution is 5.85. The zero-order valence-electron chi connectivity index (χ0n) is 17.2. The van der Waals surface area contributed by atoms with Crippen molar-refractivity contribution in [3.63, 3.8) is 0 Å². The molecule has 7 nitrogen and oxygen atoms in total. The molecule has 0 amide bonds. The van der Waals surface area contributed by atoms with Crippen molar-refractivity contribution in [2.45, 2.75) is 18.9 Å². The van der Waals surface area contributed by atoms with Crippen molar-refractivity contribution in [1.29, 1.82) is 0 Å². The number of hydrogen-bond acceptors (Lipinski definition) is 6. The van der Waals surface area contributed by atoms with E-state index in [1.165, 1.54) is 5.69 Å². The zero-order chi connectivity index (χ0) is 20.7. The van der Waals surface area contributed by atoms with E-state index in [2.05, 4.69) is 34.1 Å². The predicted octanol–water partition coefficient (Wildman–Crippen LogP) is 3.52. The Labute approximate surface area is 175 Å². The molecule has 2 aromatic carbocycles. The Kier molecular flexibility index (Phi) is 4.67. The molecule has 3 heterocycles. The molecule has 0 saturated carbocycles. The highest BCUT2D eigenvalue weighted by Crippen LogP contribution is 2.33. The lowest BCUT2D eigenvalue weighted by molar-refractivity contribution is 0.355. The zero-order valence-corrected chi connectivity index (χ0v) is 17.2. The summed E-state index contributed by atoms with van der Waals surface area (Å²) in [5, 5.41) is 1.12. The summed E-state index contributed by atoms with van der Waals surface area (Å²) in [5.74, 6) is 2.14. The van der Waals surface area contributed by atoms with Crippen LogP contribution in [0.25, 0.3) is 27.8 Å². The molecular weight excluding hydrogens is 378 g/mol. The van der Waals surface area contributed by atoms with Crippen molar-refractivity contribution >= 4 is 27.6 Å². The van der Waals surface area contributed by atoms with Crippen LogP contribution in [0.2, 0.25) is 0 Å². The first-order chi connectivity index (χ1) is 14.7. The summed E-state index contributed by atoms with van der Waals surface area (Å²) in [5.41, 5.74) is 9.97. The number of ether oxygens (including phenoxy) is 2. The number of pyridine rings is 1. The van der Waals surface area contributed by atoms with Crippen molar-refractivity contribution in [2.75, 3.05) is 32.2 Å². The first-order valence-corrected chi connectivity index (χ1v) is 10.2. The lowest BCUT2D eigenvalue weighted by atomic mass is 10.0. The molecule has 0 atom stereocenters. The van der Waals surface area contributed by atoms with Gasteiger partial charge in [-0.3, -0.25) is 4.57 Å². The molecule has 4 aromatic rings. The van der Waals surface area contributed by atoms with E-state index < -0.39 is 0 Å². The normalized spacial score (nSPS) is 15.1. The summed E-state index contributed by atoms with van der Waals surface area (Å²) in [6.45, 7) is 2.01. The molecule has 1 saturated heterocycles. The average molecular weight is 403 g/mol. The molecule has 7 heteroatoms. The fourth-order valence-electron chi connectivity index (χ4n) is 4.11. The van der Waals surface area contributed by atoms with Gasteiger partial charge in [0.15, 0.2) is 11.5 Å². The molecule has 30 heavy (non-hydrogen) atoms. The third-order valence-corrected chi connectivity index (χ3v) is 5.86. The van der Waals surface area contributed by atoms with Crippen molar-refractivity contribution in [2.24, 2.45) is 5.73 Å². The molecule has 1 aliphatic heterocycles. The van der Waals surface area contributed by atoms with Crippen molar-refractivity contribution < 1.29 is 9.47 Å². The van der Waals surface area contributed by atoms with Crippen LogP contribution >= 0.6 is 0 Å². The molecule has 154 valence electrons. The summed E-state index contributed by atoms with van der Waals surface area (Å²) < 4.78 is 12.8. The van der Waals surface area contributed by atoms with Gasteiger partial charge < -0.3 is 20.1 Å². The van der Waals surface area contributed by atoms with Crippen molar-refractivity contribution in [1.82, 2.24) is 14.5 Å². The Morgan fingerprint density at radius 2 is 1.70 bits per heavy atom. The van der Waals surface area contributed by atoms with Gasteiger partial charge in [-0.1, -0.05) is 0 Å². The molecule has 0 bridgehead atoms. The number of aromatic nitrogens is 3. The van der Waals surface area contributed by atoms with Crippen LogP contribution in [0.15, 0.2) is 48.8 Å². The maximum Gasteiger partial charge on any atom is 0.163 e. The van der Waals surface area contributed by atoms with E-state index in [4.69, 9.17) is 20.2 Å². The fourth-order valence-corrected chi connectivity index (χ4v) is 4.11. The number of methoxy groups -OCH3 is 2. The largest absolute Gasteiger partial charge is 0.493 e. The molecule has 5 rings (SSSR count). The van der Waals surface area contributed by atoms with Gasteiger partial charge in [-0.05, 0) is 43.2 Å². The maximum atomic E-state index is 6.04. The summed E-state index contributed by atoms with van der Waals surface area (Å²) in [7, 11) is 3.25. The average Bonchev–Trinajstić information content (AvgIpc) is 3.20. The molecule has 0 aliphatic carbocycles. The summed E-state index contributed by atoms with van der Waals surface area (Å²) in [6.07, 6.45) is 3.86. The highest BCUT2D eigenvalue weighted by Gasteiger charge is 2.17. The van der Waals surface area contributed by atoms with E-state index in [1.807, 2.05) is 22.8 Å². The second kappa shape index (κ2) is 7.50. The Morgan fingerprint density at radius 3 is 2.47 bits per heavy atom. The Bertz CT molecular complexity index is 1210. The fraction of sp³-hybridized carbons (Fsp3) is 0.304. The number of imidazole rings is 1. The van der Waals surface area contributed by atoms with E-state index in [0.29, 0.717) is 17.5 Å². The molecule has 1 aliphatic rings. The van der Waals surface area contributed by atoms with Crippen LogP contribution in [-0.2, 0) is 0 Å². The minimum absolute atomic E-state index is 0.328. The molecular formula is C23H25N5O2. The standard InChI is InChI=1S/C23H25N5O2/c1-29-21-12-19-20(13-22(21)30-2)28(14-25-19)23-6-3-15-11-17(4-5-18(15)26-23)27-9-7-16(24)8-10-27/h3-6,11-14,16H,7-10,24H2,1-2H3. The van der Waals surface area contributed by atoms with E-state index >= 15 is 0 Å². The van der Waals surface area contributed by atoms with Crippen LogP contribution in [0.3, 0.4) is 0 Å². The van der Waals surface area contributed by atoms with Crippen molar-refractivity contribution in [3.05, 3.63) is 48.8 Å². The summed E-state index contributed by atoms with van der Waals surface area (Å²) in [4.78, 5) is 11.8. The molecule has 0 radical (unpaired) electrons. The third-order valence-electron chi connectivity index (χ3n) is 5.86. The molecule has 0 unspecified atom stereocenters. The second-order valence-corrected chi connectivity index (χ2v) is 7.68. The second-order valence-electron chi connectivity index (χ2n) is 7.68. The molecule has 2 N–H and O–H groups in total. The number of anilines is 1. The lowest BCUT2D eigenvalue weighted by Gasteiger charge is -2.32. The van der Waals surface area contributed by atoms with Gasteiger partial charge in [0.2, 0.25) is 0 Å². The van der Waals surface area contributed by atoms with Gasteiger partial charge in [0.05, 0.1) is 30.8 Å².